The minimum atomic E-state index is -0.631. The molecule has 1 aromatic rings. The van der Waals surface area contributed by atoms with Crippen molar-refractivity contribution in [2.24, 2.45) is 10.9 Å². The lowest BCUT2D eigenvalue weighted by atomic mass is 9.71. The summed E-state index contributed by atoms with van der Waals surface area (Å²) in [5.74, 6) is -0.770. The average molecular weight is 406 g/mol. The summed E-state index contributed by atoms with van der Waals surface area (Å²) in [5, 5.41) is 0. The predicted octanol–water partition coefficient (Wildman–Crippen LogP) is 3.81. The number of carbonyl (C=O) groups excluding carboxylic acids is 2. The molecule has 0 fully saturated rings. The molecule has 1 aromatic carbocycles. The van der Waals surface area contributed by atoms with E-state index >= 15 is 0 Å². The van der Waals surface area contributed by atoms with Crippen LogP contribution >= 0.6 is 15.9 Å². The van der Waals surface area contributed by atoms with Crippen LogP contribution in [0.15, 0.2) is 38.9 Å². The zero-order valence-electron chi connectivity index (χ0n) is 14.5. The monoisotopic (exact) mass is 405 g/mol. The molecule has 2 atom stereocenters. The number of carbonyl (C=O) groups is 2. The molecule has 0 saturated carbocycles. The fourth-order valence-electron chi connectivity index (χ4n) is 3.72. The molecule has 1 aliphatic heterocycles. The van der Waals surface area contributed by atoms with Gasteiger partial charge in [0.25, 0.3) is 0 Å². The van der Waals surface area contributed by atoms with Crippen molar-refractivity contribution in [3.63, 3.8) is 0 Å². The van der Waals surface area contributed by atoms with Gasteiger partial charge < -0.3 is 9.47 Å². The summed E-state index contributed by atoms with van der Waals surface area (Å²) in [4.78, 5) is 29.8. The Bertz CT molecular complexity index is 797. The standard InChI is InChI=1S/C19H20BrNO4/c1-10-16(19(23)25-3)17(12-9-11(20)7-8-15(12)24-2)18-13(21-10)5-4-6-14(18)22/h7-9,16-17H,4-6H2,1-3H3/t16?,17-/m0/s1. The predicted molar refractivity (Wildman–Crippen MR) is 97.9 cm³/mol. The Morgan fingerprint density at radius 1 is 1.28 bits per heavy atom. The van der Waals surface area contributed by atoms with E-state index < -0.39 is 17.8 Å². The number of methoxy groups -OCH3 is 2. The normalized spacial score (nSPS) is 23.0. The largest absolute Gasteiger partial charge is 0.496 e. The van der Waals surface area contributed by atoms with Gasteiger partial charge in [-0.1, -0.05) is 15.9 Å². The van der Waals surface area contributed by atoms with E-state index in [-0.39, 0.29) is 5.78 Å². The van der Waals surface area contributed by atoms with Gasteiger partial charge in [0, 0.05) is 39.4 Å². The summed E-state index contributed by atoms with van der Waals surface area (Å²) in [6.45, 7) is 1.82. The molecular formula is C19H20BrNO4. The quantitative estimate of drug-likeness (QED) is 0.717. The van der Waals surface area contributed by atoms with Gasteiger partial charge >= 0.3 is 5.97 Å². The topological polar surface area (TPSA) is 65.0 Å². The van der Waals surface area contributed by atoms with Crippen molar-refractivity contribution in [2.45, 2.75) is 32.1 Å². The molecular weight excluding hydrogens is 386 g/mol. The molecule has 1 aliphatic carbocycles. The molecule has 0 aromatic heterocycles. The molecule has 2 aliphatic rings. The number of ether oxygens (including phenoxy) is 2. The van der Waals surface area contributed by atoms with Crippen molar-refractivity contribution in [3.05, 3.63) is 39.5 Å². The first-order chi connectivity index (χ1) is 12.0. The third-order valence-corrected chi connectivity index (χ3v) is 5.31. The number of benzene rings is 1. The van der Waals surface area contributed by atoms with Gasteiger partial charge in [-0.15, -0.1) is 0 Å². The second-order valence-corrected chi connectivity index (χ2v) is 7.17. The summed E-state index contributed by atoms with van der Waals surface area (Å²) in [6, 6.07) is 5.62. The van der Waals surface area contributed by atoms with Gasteiger partial charge in [0.15, 0.2) is 5.78 Å². The highest BCUT2D eigenvalue weighted by Crippen LogP contribution is 2.46. The van der Waals surface area contributed by atoms with Crippen molar-refractivity contribution >= 4 is 33.4 Å². The van der Waals surface area contributed by atoms with Crippen LogP contribution in [0.3, 0.4) is 0 Å². The highest BCUT2D eigenvalue weighted by molar-refractivity contribution is 9.10. The van der Waals surface area contributed by atoms with Gasteiger partial charge in [-0.05, 0) is 38.0 Å². The van der Waals surface area contributed by atoms with Gasteiger partial charge in [0.2, 0.25) is 0 Å². The number of ketones is 1. The molecule has 3 rings (SSSR count). The van der Waals surface area contributed by atoms with Crippen LogP contribution in [0.4, 0.5) is 0 Å². The van der Waals surface area contributed by atoms with Gasteiger partial charge in [-0.25, -0.2) is 0 Å². The molecule has 132 valence electrons. The fourth-order valence-corrected chi connectivity index (χ4v) is 4.10. The lowest BCUT2D eigenvalue weighted by molar-refractivity contribution is -0.143. The van der Waals surface area contributed by atoms with Gasteiger partial charge in [-0.3, -0.25) is 14.6 Å². The third kappa shape index (κ3) is 3.15. The summed E-state index contributed by atoms with van der Waals surface area (Å²) in [5.41, 5.74) is 2.89. The van der Waals surface area contributed by atoms with Crippen molar-refractivity contribution in [1.82, 2.24) is 0 Å². The van der Waals surface area contributed by atoms with Crippen molar-refractivity contribution in [3.8, 4) is 5.75 Å². The number of rotatable bonds is 3. The van der Waals surface area contributed by atoms with Crippen LogP contribution in [0.2, 0.25) is 0 Å². The number of allylic oxidation sites excluding steroid dienone is 2. The molecule has 0 amide bonds. The van der Waals surface area contributed by atoms with E-state index in [1.54, 1.807) is 7.11 Å². The van der Waals surface area contributed by atoms with E-state index in [1.165, 1.54) is 7.11 Å². The summed E-state index contributed by atoms with van der Waals surface area (Å²) >= 11 is 3.48. The number of esters is 1. The van der Waals surface area contributed by atoms with Crippen LogP contribution in [0, 0.1) is 5.92 Å². The number of hydrogen-bond donors (Lipinski definition) is 0. The Labute approximate surface area is 155 Å². The Kier molecular flexibility index (Phi) is 5.08. The maximum absolute atomic E-state index is 12.7. The molecule has 1 unspecified atom stereocenters. The zero-order chi connectivity index (χ0) is 18.1. The molecule has 25 heavy (non-hydrogen) atoms. The molecule has 0 bridgehead atoms. The van der Waals surface area contributed by atoms with Gasteiger partial charge in [0.1, 0.15) is 11.7 Å². The van der Waals surface area contributed by atoms with Crippen LogP contribution in [0.5, 0.6) is 5.75 Å². The van der Waals surface area contributed by atoms with E-state index in [4.69, 9.17) is 9.47 Å². The van der Waals surface area contributed by atoms with E-state index in [0.29, 0.717) is 23.5 Å². The van der Waals surface area contributed by atoms with Crippen LogP contribution in [-0.2, 0) is 14.3 Å². The maximum Gasteiger partial charge on any atom is 0.315 e. The molecule has 1 heterocycles. The van der Waals surface area contributed by atoms with Crippen LogP contribution in [-0.4, -0.2) is 31.7 Å². The summed E-state index contributed by atoms with van der Waals surface area (Å²) in [6.07, 6.45) is 2.02. The maximum atomic E-state index is 12.7. The smallest absolute Gasteiger partial charge is 0.315 e. The summed E-state index contributed by atoms with van der Waals surface area (Å²) in [7, 11) is 2.94. The second kappa shape index (κ2) is 7.12. The third-order valence-electron chi connectivity index (χ3n) is 4.82. The molecule has 0 spiro atoms. The van der Waals surface area contributed by atoms with Crippen LogP contribution in [0.25, 0.3) is 0 Å². The first kappa shape index (κ1) is 17.9. The van der Waals surface area contributed by atoms with E-state index in [2.05, 4.69) is 20.9 Å². The zero-order valence-corrected chi connectivity index (χ0v) is 16.1. The summed E-state index contributed by atoms with van der Waals surface area (Å²) < 4.78 is 11.4. The Morgan fingerprint density at radius 3 is 2.72 bits per heavy atom. The molecule has 0 saturated heterocycles. The highest BCUT2D eigenvalue weighted by Gasteiger charge is 2.44. The number of hydrogen-bond acceptors (Lipinski definition) is 5. The Balaban J connectivity index is 2.25. The fraction of sp³-hybridized carbons (Fsp3) is 0.421. The number of aliphatic imine (C=N–C) groups is 1. The molecule has 0 radical (unpaired) electrons. The minimum Gasteiger partial charge on any atom is -0.496 e. The van der Waals surface area contributed by atoms with E-state index in [0.717, 1.165) is 28.6 Å². The van der Waals surface area contributed by atoms with Crippen LogP contribution in [0.1, 0.15) is 37.7 Å². The van der Waals surface area contributed by atoms with Crippen LogP contribution < -0.4 is 4.74 Å². The average Bonchev–Trinajstić information content (AvgIpc) is 2.60. The minimum absolute atomic E-state index is 0.0541. The van der Waals surface area contributed by atoms with Crippen molar-refractivity contribution in [1.29, 1.82) is 0 Å². The number of nitrogens with zero attached hydrogens (tertiary/aromatic N) is 1. The SMILES string of the molecule is COC(=O)C1C(C)=NC2=C(C(=O)CCC2)[C@H]1c1cc(Br)ccc1OC. The Morgan fingerprint density at radius 2 is 2.04 bits per heavy atom. The Hall–Kier alpha value is -1.95. The molecule has 5 nitrogen and oxygen atoms in total. The van der Waals surface area contributed by atoms with Gasteiger partial charge in [-0.2, -0.15) is 0 Å². The lowest BCUT2D eigenvalue weighted by Crippen LogP contribution is -2.37. The first-order valence-electron chi connectivity index (χ1n) is 8.20. The first-order valence-corrected chi connectivity index (χ1v) is 9.00. The highest BCUT2D eigenvalue weighted by atomic mass is 79.9. The van der Waals surface area contributed by atoms with Gasteiger partial charge in [0.05, 0.1) is 14.2 Å². The van der Waals surface area contributed by atoms with E-state index in [1.807, 2.05) is 25.1 Å². The molecule has 0 N–H and O–H groups in total. The van der Waals surface area contributed by atoms with Crippen molar-refractivity contribution < 1.29 is 19.1 Å². The number of halogens is 1. The van der Waals surface area contributed by atoms with Crippen molar-refractivity contribution in [2.75, 3.05) is 14.2 Å². The number of Topliss-reactive ketones (excluding diaryl/α,β-unsaturated/α-hetero) is 1. The second-order valence-electron chi connectivity index (χ2n) is 6.26. The van der Waals surface area contributed by atoms with E-state index in [9.17, 15) is 9.59 Å². The lowest BCUT2D eigenvalue weighted by Gasteiger charge is -2.34. The molecule has 6 heteroatoms.